The molecule has 162 valence electrons. The number of carboxylic acids is 1. The fourth-order valence-electron chi connectivity index (χ4n) is 4.41. The summed E-state index contributed by atoms with van der Waals surface area (Å²) in [5.41, 5.74) is 3.17. The SMILES string of the molecule is Cc1cc(Cl)c(=O)n(CCc2ccc(C(=O)O)cc2)c1CN1CCC[C@@H]1CC(C)C. The van der Waals surface area contributed by atoms with Gasteiger partial charge in [0, 0.05) is 24.8 Å². The zero-order valence-corrected chi connectivity index (χ0v) is 18.8. The lowest BCUT2D eigenvalue weighted by Gasteiger charge is -2.28. The normalized spacial score (nSPS) is 17.0. The average molecular weight is 431 g/mol. The van der Waals surface area contributed by atoms with Gasteiger partial charge in [0.05, 0.1) is 5.56 Å². The number of carbonyl (C=O) groups is 1. The molecule has 2 aromatic rings. The third kappa shape index (κ3) is 5.32. The number of nitrogens with zero attached hydrogens (tertiary/aromatic N) is 2. The average Bonchev–Trinajstić information content (AvgIpc) is 3.12. The van der Waals surface area contributed by atoms with Gasteiger partial charge in [0.25, 0.3) is 5.56 Å². The summed E-state index contributed by atoms with van der Waals surface area (Å²) >= 11 is 6.23. The van der Waals surface area contributed by atoms with Crippen molar-refractivity contribution < 1.29 is 9.90 Å². The monoisotopic (exact) mass is 430 g/mol. The van der Waals surface area contributed by atoms with Gasteiger partial charge in [-0.05, 0) is 74.4 Å². The third-order valence-electron chi connectivity index (χ3n) is 5.99. The molecule has 6 heteroatoms. The number of hydrogen-bond acceptors (Lipinski definition) is 3. The molecule has 1 fully saturated rings. The minimum Gasteiger partial charge on any atom is -0.478 e. The molecule has 0 bridgehead atoms. The maximum absolute atomic E-state index is 12.9. The number of aromatic nitrogens is 1. The second kappa shape index (κ2) is 9.80. The Morgan fingerprint density at radius 1 is 1.27 bits per heavy atom. The van der Waals surface area contributed by atoms with Crippen molar-refractivity contribution in [2.75, 3.05) is 6.54 Å². The zero-order chi connectivity index (χ0) is 21.8. The van der Waals surface area contributed by atoms with Crippen LogP contribution < -0.4 is 5.56 Å². The number of hydrogen-bond donors (Lipinski definition) is 1. The first-order chi connectivity index (χ1) is 14.3. The van der Waals surface area contributed by atoms with Crippen LogP contribution in [0, 0.1) is 12.8 Å². The highest BCUT2D eigenvalue weighted by molar-refractivity contribution is 6.30. The Balaban J connectivity index is 1.83. The van der Waals surface area contributed by atoms with Crippen molar-refractivity contribution in [3.05, 3.63) is 68.1 Å². The second-order valence-corrected chi connectivity index (χ2v) is 9.13. The van der Waals surface area contributed by atoms with Gasteiger partial charge in [-0.2, -0.15) is 0 Å². The van der Waals surface area contributed by atoms with Crippen molar-refractivity contribution in [1.82, 2.24) is 9.47 Å². The molecule has 0 unspecified atom stereocenters. The molecule has 3 rings (SSSR count). The van der Waals surface area contributed by atoms with E-state index in [1.54, 1.807) is 18.2 Å². The summed E-state index contributed by atoms with van der Waals surface area (Å²) in [4.78, 5) is 26.4. The number of halogens is 1. The molecule has 0 saturated carbocycles. The van der Waals surface area contributed by atoms with E-state index in [1.807, 2.05) is 23.6 Å². The minimum absolute atomic E-state index is 0.154. The largest absolute Gasteiger partial charge is 0.478 e. The van der Waals surface area contributed by atoms with Crippen molar-refractivity contribution in [3.63, 3.8) is 0 Å². The highest BCUT2D eigenvalue weighted by atomic mass is 35.5. The molecular formula is C24H31ClN2O3. The molecule has 2 heterocycles. The van der Waals surface area contributed by atoms with Gasteiger partial charge in [0.2, 0.25) is 0 Å². The Hall–Kier alpha value is -2.11. The van der Waals surface area contributed by atoms with Crippen LogP contribution in [0.4, 0.5) is 0 Å². The van der Waals surface area contributed by atoms with E-state index in [1.165, 1.54) is 19.3 Å². The van der Waals surface area contributed by atoms with E-state index >= 15 is 0 Å². The molecule has 30 heavy (non-hydrogen) atoms. The lowest BCUT2D eigenvalue weighted by atomic mass is 10.0. The van der Waals surface area contributed by atoms with Crippen LogP contribution in [0.15, 0.2) is 35.1 Å². The Kier molecular flexibility index (Phi) is 7.37. The fraction of sp³-hybridized carbons (Fsp3) is 0.500. The smallest absolute Gasteiger partial charge is 0.335 e. The Morgan fingerprint density at radius 3 is 2.60 bits per heavy atom. The number of carboxylic acid groups (broad SMARTS) is 1. The van der Waals surface area contributed by atoms with E-state index < -0.39 is 5.97 Å². The Morgan fingerprint density at radius 2 is 1.97 bits per heavy atom. The van der Waals surface area contributed by atoms with E-state index in [9.17, 15) is 9.59 Å². The van der Waals surface area contributed by atoms with Crippen molar-refractivity contribution in [3.8, 4) is 0 Å². The predicted molar refractivity (Wildman–Crippen MR) is 120 cm³/mol. The summed E-state index contributed by atoms with van der Waals surface area (Å²) in [6.07, 6.45) is 4.23. The first kappa shape index (κ1) is 22.6. The van der Waals surface area contributed by atoms with Crippen LogP contribution in [-0.4, -0.2) is 33.1 Å². The maximum Gasteiger partial charge on any atom is 0.335 e. The van der Waals surface area contributed by atoms with Gasteiger partial charge in [-0.25, -0.2) is 4.79 Å². The van der Waals surface area contributed by atoms with Crippen LogP contribution in [0.25, 0.3) is 0 Å². The molecule has 0 radical (unpaired) electrons. The summed E-state index contributed by atoms with van der Waals surface area (Å²) in [5, 5.41) is 9.31. The van der Waals surface area contributed by atoms with Crippen molar-refractivity contribution in [1.29, 1.82) is 0 Å². The van der Waals surface area contributed by atoms with Gasteiger partial charge in [0.15, 0.2) is 0 Å². The molecule has 0 spiro atoms. The topological polar surface area (TPSA) is 62.5 Å². The van der Waals surface area contributed by atoms with Crippen LogP contribution in [0.3, 0.4) is 0 Å². The van der Waals surface area contributed by atoms with Crippen LogP contribution in [0.1, 0.15) is 60.3 Å². The lowest BCUT2D eigenvalue weighted by molar-refractivity contribution is 0.0697. The quantitative estimate of drug-likeness (QED) is 0.655. The van der Waals surface area contributed by atoms with Crippen LogP contribution >= 0.6 is 11.6 Å². The van der Waals surface area contributed by atoms with Crippen molar-refractivity contribution >= 4 is 17.6 Å². The molecular weight excluding hydrogens is 400 g/mol. The van der Waals surface area contributed by atoms with Gasteiger partial charge in [0.1, 0.15) is 5.02 Å². The van der Waals surface area contributed by atoms with E-state index in [0.29, 0.717) is 24.9 Å². The minimum atomic E-state index is -0.938. The first-order valence-corrected chi connectivity index (χ1v) is 11.1. The van der Waals surface area contributed by atoms with Crippen LogP contribution in [0.5, 0.6) is 0 Å². The fourth-order valence-corrected chi connectivity index (χ4v) is 4.67. The highest BCUT2D eigenvalue weighted by Gasteiger charge is 2.26. The molecule has 1 N–H and O–H groups in total. The summed E-state index contributed by atoms with van der Waals surface area (Å²) in [7, 11) is 0. The predicted octanol–water partition coefficient (Wildman–Crippen LogP) is 4.76. The molecule has 1 saturated heterocycles. The second-order valence-electron chi connectivity index (χ2n) is 8.73. The highest BCUT2D eigenvalue weighted by Crippen LogP contribution is 2.26. The molecule has 1 atom stereocenters. The van der Waals surface area contributed by atoms with Crippen LogP contribution in [-0.2, 0) is 19.5 Å². The molecule has 0 aliphatic carbocycles. The third-order valence-corrected chi connectivity index (χ3v) is 6.26. The molecule has 1 aliphatic rings. The summed E-state index contributed by atoms with van der Waals surface area (Å²) in [5.74, 6) is -0.287. The molecule has 1 aromatic carbocycles. The standard InChI is InChI=1S/C24H31ClN2O3/c1-16(2)13-20-5-4-11-26(20)15-22-17(3)14-21(25)23(28)27(22)12-10-18-6-8-19(9-7-18)24(29)30/h6-9,14,16,20H,4-5,10-13,15H2,1-3H3,(H,29,30)/t20-/m1/s1. The number of rotatable bonds is 8. The van der Waals surface area contributed by atoms with E-state index in [0.717, 1.165) is 29.9 Å². The van der Waals surface area contributed by atoms with Gasteiger partial charge in [-0.3, -0.25) is 9.69 Å². The van der Waals surface area contributed by atoms with Gasteiger partial charge >= 0.3 is 5.97 Å². The van der Waals surface area contributed by atoms with Gasteiger partial charge in [-0.1, -0.05) is 37.6 Å². The number of benzene rings is 1. The number of likely N-dealkylation sites (tertiary alicyclic amines) is 1. The Bertz CT molecular complexity index is 950. The number of pyridine rings is 1. The van der Waals surface area contributed by atoms with Crippen LogP contribution in [0.2, 0.25) is 5.02 Å². The van der Waals surface area contributed by atoms with E-state index in [-0.39, 0.29) is 16.1 Å². The summed E-state index contributed by atoms with van der Waals surface area (Å²) in [6, 6.07) is 9.17. The summed E-state index contributed by atoms with van der Waals surface area (Å²) in [6.45, 7) is 8.88. The maximum atomic E-state index is 12.9. The van der Waals surface area contributed by atoms with Gasteiger partial charge in [-0.15, -0.1) is 0 Å². The molecule has 5 nitrogen and oxygen atoms in total. The number of aryl methyl sites for hydroxylation is 2. The summed E-state index contributed by atoms with van der Waals surface area (Å²) < 4.78 is 1.81. The zero-order valence-electron chi connectivity index (χ0n) is 18.0. The Labute approximate surface area is 183 Å². The van der Waals surface area contributed by atoms with E-state index in [2.05, 4.69) is 18.7 Å². The van der Waals surface area contributed by atoms with Gasteiger partial charge < -0.3 is 9.67 Å². The first-order valence-electron chi connectivity index (χ1n) is 10.7. The van der Waals surface area contributed by atoms with Crippen molar-refractivity contribution in [2.45, 2.75) is 65.6 Å². The molecule has 1 aliphatic heterocycles. The molecule has 1 aromatic heterocycles. The lowest BCUT2D eigenvalue weighted by Crippen LogP contribution is -2.34. The number of aromatic carboxylic acids is 1. The molecule has 0 amide bonds. The van der Waals surface area contributed by atoms with Crippen molar-refractivity contribution in [2.24, 2.45) is 5.92 Å². The van der Waals surface area contributed by atoms with E-state index in [4.69, 9.17) is 16.7 Å².